The smallest absolute Gasteiger partial charge is 0.325 e. The van der Waals surface area contributed by atoms with Crippen molar-refractivity contribution < 1.29 is 23.9 Å². The van der Waals surface area contributed by atoms with E-state index in [1.165, 1.54) is 31.0 Å². The summed E-state index contributed by atoms with van der Waals surface area (Å²) in [7, 11) is 1.30. The highest BCUT2D eigenvalue weighted by Gasteiger charge is 2.16. The highest BCUT2D eigenvalue weighted by atomic mass is 35.5. The topological polar surface area (TPSA) is 81.7 Å². The highest BCUT2D eigenvalue weighted by molar-refractivity contribution is 8.00. The molecule has 0 bridgehead atoms. The van der Waals surface area contributed by atoms with Gasteiger partial charge in [-0.2, -0.15) is 0 Å². The Labute approximate surface area is 172 Å². The summed E-state index contributed by atoms with van der Waals surface area (Å²) >= 11 is 13.6. The van der Waals surface area contributed by atoms with E-state index in [0.717, 1.165) is 0 Å². The first-order valence-corrected chi connectivity index (χ1v) is 9.62. The molecule has 0 radical (unpaired) electrons. The Hall–Kier alpha value is -1.70. The van der Waals surface area contributed by atoms with Crippen molar-refractivity contribution in [3.63, 3.8) is 0 Å². The molecule has 1 rings (SSSR count). The molecule has 0 heterocycles. The summed E-state index contributed by atoms with van der Waals surface area (Å²) < 4.78 is 9.67. The van der Waals surface area contributed by atoms with Crippen LogP contribution in [0.1, 0.15) is 26.3 Å². The van der Waals surface area contributed by atoms with Crippen LogP contribution in [0.5, 0.6) is 0 Å². The molecule has 0 aliphatic carbocycles. The second-order valence-corrected chi connectivity index (χ2v) is 8.14. The zero-order valence-corrected chi connectivity index (χ0v) is 17.8. The minimum Gasteiger partial charge on any atom is -0.468 e. The number of benzene rings is 1. The highest BCUT2D eigenvalue weighted by Crippen LogP contribution is 2.33. The predicted molar refractivity (Wildman–Crippen MR) is 107 cm³/mol. The maximum Gasteiger partial charge on any atom is 0.325 e. The van der Waals surface area contributed by atoms with Crippen molar-refractivity contribution in [2.45, 2.75) is 31.3 Å². The Kier molecular flexibility index (Phi) is 9.15. The number of carbonyl (C=O) groups is 3. The van der Waals surface area contributed by atoms with Crippen LogP contribution in [-0.4, -0.2) is 42.9 Å². The average molecular weight is 434 g/mol. The van der Waals surface area contributed by atoms with Gasteiger partial charge in [0.25, 0.3) is 0 Å². The van der Waals surface area contributed by atoms with E-state index < -0.39 is 17.5 Å². The number of rotatable bonds is 7. The number of ether oxygens (including phenoxy) is 2. The van der Waals surface area contributed by atoms with Crippen LogP contribution in [0.4, 0.5) is 0 Å². The first-order chi connectivity index (χ1) is 12.5. The first kappa shape index (κ1) is 23.3. The first-order valence-electron chi connectivity index (χ1n) is 7.88. The molecule has 1 aromatic rings. The molecule has 1 amide bonds. The molecule has 1 N–H and O–H groups in total. The SMILES string of the molecule is COC(=O)CSc1cc(Cl)c(/C=C/C(=O)NCC(=O)OC(C)(C)C)cc1Cl. The number of esters is 2. The standard InChI is InChI=1S/C18H21Cl2NO5S/c1-18(2,3)26-16(23)9-21-15(22)6-5-11-7-13(20)14(8-12(11)19)27-10-17(24)25-4/h5-8H,9-10H2,1-4H3,(H,21,22)/b6-5+. The van der Waals surface area contributed by atoms with E-state index in [4.69, 9.17) is 27.9 Å². The molecule has 0 aromatic heterocycles. The van der Waals surface area contributed by atoms with Crippen LogP contribution >= 0.6 is 35.0 Å². The second-order valence-electron chi connectivity index (χ2n) is 6.31. The molecule has 148 valence electrons. The molecule has 0 saturated carbocycles. The molecule has 0 spiro atoms. The lowest BCUT2D eigenvalue weighted by Crippen LogP contribution is -2.33. The van der Waals surface area contributed by atoms with E-state index in [2.05, 4.69) is 10.1 Å². The van der Waals surface area contributed by atoms with Crippen LogP contribution < -0.4 is 5.32 Å². The Morgan fingerprint density at radius 2 is 1.81 bits per heavy atom. The summed E-state index contributed by atoms with van der Waals surface area (Å²) in [5, 5.41) is 3.18. The number of methoxy groups -OCH3 is 1. The fraction of sp³-hybridized carbons (Fsp3) is 0.389. The summed E-state index contributed by atoms with van der Waals surface area (Å²) in [5.74, 6) is -1.28. The van der Waals surface area contributed by atoms with Crippen molar-refractivity contribution in [3.8, 4) is 0 Å². The molecule has 0 atom stereocenters. The Balaban J connectivity index is 2.67. The molecule has 0 fully saturated rings. The third-order valence-electron chi connectivity index (χ3n) is 2.87. The number of hydrogen-bond acceptors (Lipinski definition) is 6. The Bertz CT molecular complexity index is 744. The van der Waals surface area contributed by atoms with Crippen LogP contribution in [0.15, 0.2) is 23.1 Å². The molecule has 0 aliphatic heterocycles. The van der Waals surface area contributed by atoms with Gasteiger partial charge in [0.15, 0.2) is 0 Å². The van der Waals surface area contributed by atoms with Crippen molar-refractivity contribution in [1.82, 2.24) is 5.32 Å². The minimum absolute atomic E-state index is 0.106. The molecular weight excluding hydrogens is 413 g/mol. The molecule has 0 saturated heterocycles. The summed E-state index contributed by atoms with van der Waals surface area (Å²) in [6.07, 6.45) is 2.72. The Morgan fingerprint density at radius 1 is 1.15 bits per heavy atom. The van der Waals surface area contributed by atoms with Crippen LogP contribution in [0, 0.1) is 0 Å². The van der Waals surface area contributed by atoms with Crippen molar-refractivity contribution in [2.24, 2.45) is 0 Å². The number of carbonyl (C=O) groups excluding carboxylic acids is 3. The third-order valence-corrected chi connectivity index (χ3v) is 4.65. The molecular formula is C18H21Cl2NO5S. The van der Waals surface area contributed by atoms with E-state index in [0.29, 0.717) is 20.5 Å². The van der Waals surface area contributed by atoms with Crippen molar-refractivity contribution in [1.29, 1.82) is 0 Å². The van der Waals surface area contributed by atoms with Gasteiger partial charge in [-0.3, -0.25) is 14.4 Å². The lowest BCUT2D eigenvalue weighted by Gasteiger charge is -2.19. The number of thioether (sulfide) groups is 1. The van der Waals surface area contributed by atoms with Gasteiger partial charge in [-0.25, -0.2) is 0 Å². The minimum atomic E-state index is -0.616. The molecule has 9 heteroatoms. The summed E-state index contributed by atoms with van der Waals surface area (Å²) in [6.45, 7) is 4.99. The van der Waals surface area contributed by atoms with Gasteiger partial charge in [-0.1, -0.05) is 23.2 Å². The van der Waals surface area contributed by atoms with Gasteiger partial charge in [0, 0.05) is 16.0 Å². The van der Waals surface area contributed by atoms with Gasteiger partial charge < -0.3 is 14.8 Å². The van der Waals surface area contributed by atoms with Gasteiger partial charge in [0.05, 0.1) is 17.9 Å². The molecule has 0 unspecified atom stereocenters. The maximum atomic E-state index is 11.8. The number of hydrogen-bond donors (Lipinski definition) is 1. The summed E-state index contributed by atoms with van der Waals surface area (Å²) in [5.41, 5.74) is -0.0910. The van der Waals surface area contributed by atoms with E-state index >= 15 is 0 Å². The van der Waals surface area contributed by atoms with Crippen LogP contribution in [0.3, 0.4) is 0 Å². The zero-order valence-electron chi connectivity index (χ0n) is 15.4. The number of nitrogens with one attached hydrogen (secondary N) is 1. The quantitative estimate of drug-likeness (QED) is 0.400. The average Bonchev–Trinajstić information content (AvgIpc) is 2.57. The normalized spacial score (nSPS) is 11.3. The monoisotopic (exact) mass is 433 g/mol. The molecule has 1 aromatic carbocycles. The summed E-state index contributed by atoms with van der Waals surface area (Å²) in [4.78, 5) is 35.2. The van der Waals surface area contributed by atoms with Crippen LogP contribution in [-0.2, 0) is 23.9 Å². The molecule has 27 heavy (non-hydrogen) atoms. The predicted octanol–water partition coefficient (Wildman–Crippen LogP) is 3.73. The van der Waals surface area contributed by atoms with Crippen LogP contribution in [0.25, 0.3) is 6.08 Å². The van der Waals surface area contributed by atoms with Crippen molar-refractivity contribution >= 4 is 58.9 Å². The van der Waals surface area contributed by atoms with Gasteiger partial charge in [-0.05, 0) is 44.5 Å². The second kappa shape index (κ2) is 10.6. The van der Waals surface area contributed by atoms with E-state index in [9.17, 15) is 14.4 Å². The summed E-state index contributed by atoms with van der Waals surface area (Å²) in [6, 6.07) is 3.19. The number of amides is 1. The molecule has 6 nitrogen and oxygen atoms in total. The van der Waals surface area contributed by atoms with E-state index in [-0.39, 0.29) is 18.3 Å². The van der Waals surface area contributed by atoms with E-state index in [1.807, 2.05) is 0 Å². The fourth-order valence-electron chi connectivity index (χ4n) is 1.74. The van der Waals surface area contributed by atoms with Crippen molar-refractivity contribution in [3.05, 3.63) is 33.8 Å². The van der Waals surface area contributed by atoms with Crippen molar-refractivity contribution in [2.75, 3.05) is 19.4 Å². The van der Waals surface area contributed by atoms with Gasteiger partial charge in [0.2, 0.25) is 5.91 Å². The lowest BCUT2D eigenvalue weighted by atomic mass is 10.2. The van der Waals surface area contributed by atoms with Crippen LogP contribution in [0.2, 0.25) is 10.0 Å². The van der Waals surface area contributed by atoms with Gasteiger partial charge in [0.1, 0.15) is 12.1 Å². The fourth-order valence-corrected chi connectivity index (χ4v) is 3.16. The third kappa shape index (κ3) is 9.17. The van der Waals surface area contributed by atoms with E-state index in [1.54, 1.807) is 32.9 Å². The van der Waals surface area contributed by atoms with Gasteiger partial charge in [-0.15, -0.1) is 11.8 Å². The number of halogens is 2. The lowest BCUT2D eigenvalue weighted by molar-refractivity contribution is -0.154. The largest absolute Gasteiger partial charge is 0.468 e. The molecule has 0 aliphatic rings. The Morgan fingerprint density at radius 3 is 2.41 bits per heavy atom. The maximum absolute atomic E-state index is 11.8. The van der Waals surface area contributed by atoms with Gasteiger partial charge >= 0.3 is 11.9 Å². The zero-order chi connectivity index (χ0) is 20.6.